The first-order valence-corrected chi connectivity index (χ1v) is 6.34. The molecule has 0 saturated carbocycles. The molecule has 4 nitrogen and oxygen atoms in total. The third kappa shape index (κ3) is 5.00. The Bertz CT molecular complexity index is 301. The molecule has 2 N–H and O–H groups in total. The molecule has 1 amide bonds. The lowest BCUT2D eigenvalue weighted by molar-refractivity contribution is -0.120. The van der Waals surface area contributed by atoms with E-state index in [-0.39, 0.29) is 5.41 Å². The molecule has 0 saturated heterocycles. The summed E-state index contributed by atoms with van der Waals surface area (Å²) in [7, 11) is -2.38. The van der Waals surface area contributed by atoms with Crippen LogP contribution in [0.2, 0.25) is 0 Å². The van der Waals surface area contributed by atoms with Gasteiger partial charge in [-0.15, -0.1) is 0 Å². The van der Waals surface area contributed by atoms with Gasteiger partial charge in [-0.3, -0.25) is 4.79 Å². The maximum Gasteiger partial charge on any atom is 0.271 e. The van der Waals surface area contributed by atoms with Crippen LogP contribution in [0.25, 0.3) is 0 Å². The highest BCUT2D eigenvalue weighted by Gasteiger charge is 2.27. The molecule has 0 aliphatic carbocycles. The summed E-state index contributed by atoms with van der Waals surface area (Å²) in [5.74, 6) is -0.484. The van der Waals surface area contributed by atoms with Crippen LogP contribution in [0, 0.1) is 5.41 Å². The zero-order chi connectivity index (χ0) is 10.9. The molecule has 0 heterocycles. The molecule has 0 aliphatic heterocycles. The summed E-state index contributed by atoms with van der Waals surface area (Å²) >= 11 is 0. The number of nitrogens with two attached hydrogens (primary N) is 1. The predicted molar refractivity (Wildman–Crippen MR) is 54.9 cm³/mol. The van der Waals surface area contributed by atoms with Gasteiger partial charge in [0.2, 0.25) is 0 Å². The van der Waals surface area contributed by atoms with E-state index in [4.69, 9.17) is 5.73 Å². The molecule has 1 atom stereocenters. The minimum Gasteiger partial charge on any atom is -0.319 e. The van der Waals surface area contributed by atoms with Gasteiger partial charge < -0.3 is 5.73 Å². The van der Waals surface area contributed by atoms with E-state index < -0.39 is 21.7 Å². The van der Waals surface area contributed by atoms with Crippen LogP contribution in [0.5, 0.6) is 0 Å². The van der Waals surface area contributed by atoms with E-state index in [0.717, 1.165) is 0 Å². The summed E-state index contributed by atoms with van der Waals surface area (Å²) in [5, 5.41) is 0. The van der Waals surface area contributed by atoms with Crippen molar-refractivity contribution in [1.29, 1.82) is 0 Å². The Morgan fingerprint density at radius 2 is 1.77 bits per heavy atom. The van der Waals surface area contributed by atoms with E-state index in [9.17, 15) is 9.00 Å². The maximum absolute atomic E-state index is 11.3. The molecule has 0 radical (unpaired) electrons. The van der Waals surface area contributed by atoms with Gasteiger partial charge >= 0.3 is 0 Å². The van der Waals surface area contributed by atoms with Crippen LogP contribution >= 0.6 is 0 Å². The molecular formula is C8H18N2O2S. The first-order valence-electron chi connectivity index (χ1n) is 4.00. The van der Waals surface area contributed by atoms with Crippen LogP contribution in [0.3, 0.4) is 0 Å². The largest absolute Gasteiger partial charge is 0.319 e. The fraction of sp³-hybridized carbons (Fsp3) is 0.875. The molecule has 0 rings (SSSR count). The van der Waals surface area contributed by atoms with Gasteiger partial charge in [-0.1, -0.05) is 20.8 Å². The summed E-state index contributed by atoms with van der Waals surface area (Å²) in [5.41, 5.74) is 5.29. The zero-order valence-electron chi connectivity index (χ0n) is 8.83. The van der Waals surface area contributed by atoms with Gasteiger partial charge in [0.05, 0.1) is 6.04 Å². The lowest BCUT2D eigenvalue weighted by Gasteiger charge is -2.23. The van der Waals surface area contributed by atoms with Gasteiger partial charge in [0, 0.05) is 22.2 Å². The second-order valence-electron chi connectivity index (χ2n) is 4.45. The first kappa shape index (κ1) is 12.6. The minimum absolute atomic E-state index is 0.342. The number of hydrogen-bond donors (Lipinski definition) is 1. The highest BCUT2D eigenvalue weighted by Crippen LogP contribution is 2.18. The fourth-order valence-electron chi connectivity index (χ4n) is 0.644. The van der Waals surface area contributed by atoms with Crippen molar-refractivity contribution in [3.05, 3.63) is 0 Å². The number of carbonyl (C=O) groups excluding carboxylic acids is 1. The van der Waals surface area contributed by atoms with Gasteiger partial charge in [-0.05, 0) is 5.41 Å². The fourth-order valence-corrected chi connectivity index (χ4v) is 1.19. The zero-order valence-corrected chi connectivity index (χ0v) is 9.64. The molecule has 5 heteroatoms. The van der Waals surface area contributed by atoms with Gasteiger partial charge in [-0.2, -0.15) is 4.36 Å². The smallest absolute Gasteiger partial charge is 0.271 e. The normalized spacial score (nSPS) is 15.2. The van der Waals surface area contributed by atoms with Crippen LogP contribution < -0.4 is 5.73 Å². The van der Waals surface area contributed by atoms with Crippen molar-refractivity contribution in [2.24, 2.45) is 15.5 Å². The molecule has 0 aromatic carbocycles. The third-order valence-electron chi connectivity index (χ3n) is 1.51. The van der Waals surface area contributed by atoms with Crippen molar-refractivity contribution in [3.8, 4) is 0 Å². The quantitative estimate of drug-likeness (QED) is 0.683. The Kier molecular flexibility index (Phi) is 3.63. The molecule has 0 fully saturated rings. The molecular weight excluding hydrogens is 188 g/mol. The lowest BCUT2D eigenvalue weighted by Crippen LogP contribution is -2.41. The summed E-state index contributed by atoms with van der Waals surface area (Å²) in [6.45, 7) is 5.54. The Morgan fingerprint density at radius 3 is 2.00 bits per heavy atom. The number of amides is 1. The molecule has 0 aromatic heterocycles. The second-order valence-corrected chi connectivity index (χ2v) is 7.00. The van der Waals surface area contributed by atoms with Crippen LogP contribution in [-0.2, 0) is 14.5 Å². The minimum atomic E-state index is -2.38. The molecule has 13 heavy (non-hydrogen) atoms. The summed E-state index contributed by atoms with van der Waals surface area (Å²) in [6.07, 6.45) is 2.83. The van der Waals surface area contributed by atoms with E-state index >= 15 is 0 Å². The average Bonchev–Trinajstić information content (AvgIpc) is 1.79. The van der Waals surface area contributed by atoms with Crippen LogP contribution in [0.4, 0.5) is 0 Å². The highest BCUT2D eigenvalue weighted by molar-refractivity contribution is 7.92. The van der Waals surface area contributed by atoms with E-state index in [1.807, 2.05) is 20.8 Å². The summed E-state index contributed by atoms with van der Waals surface area (Å²) in [4.78, 5) is 11.3. The van der Waals surface area contributed by atoms with Crippen LogP contribution in [-0.4, -0.2) is 28.7 Å². The highest BCUT2D eigenvalue weighted by atomic mass is 32.2. The van der Waals surface area contributed by atoms with Crippen LogP contribution in [0.1, 0.15) is 20.8 Å². The standard InChI is InChI=1S/C8H18N2O2S/c1-8(2,3)6(9)7(11)10-13(4,5)12/h6H,9H2,1-5H3/t6-/m0/s1. The van der Waals surface area contributed by atoms with E-state index in [1.54, 1.807) is 0 Å². The van der Waals surface area contributed by atoms with Crippen molar-refractivity contribution in [3.63, 3.8) is 0 Å². The second kappa shape index (κ2) is 3.75. The van der Waals surface area contributed by atoms with Crippen molar-refractivity contribution in [1.82, 2.24) is 0 Å². The Labute approximate surface area is 80.1 Å². The van der Waals surface area contributed by atoms with Crippen LogP contribution in [0.15, 0.2) is 4.36 Å². The molecule has 0 unspecified atom stereocenters. The van der Waals surface area contributed by atoms with Crippen molar-refractivity contribution >= 4 is 15.6 Å². The molecule has 0 spiro atoms. The topological polar surface area (TPSA) is 72.5 Å². The van der Waals surface area contributed by atoms with E-state index in [1.165, 1.54) is 12.5 Å². The number of carbonyl (C=O) groups is 1. The maximum atomic E-state index is 11.3. The first-order chi connectivity index (χ1) is 5.54. The number of nitrogens with zero attached hydrogens (tertiary/aromatic N) is 1. The van der Waals surface area contributed by atoms with Crippen molar-refractivity contribution in [2.75, 3.05) is 12.5 Å². The Morgan fingerprint density at radius 1 is 1.38 bits per heavy atom. The summed E-state index contributed by atoms with van der Waals surface area (Å²) < 4.78 is 14.7. The number of hydrogen-bond acceptors (Lipinski definition) is 3. The summed E-state index contributed by atoms with van der Waals surface area (Å²) in [6, 6.07) is -0.687. The van der Waals surface area contributed by atoms with Gasteiger partial charge in [0.15, 0.2) is 0 Å². The lowest BCUT2D eigenvalue weighted by atomic mass is 9.87. The van der Waals surface area contributed by atoms with Gasteiger partial charge in [0.25, 0.3) is 5.91 Å². The average molecular weight is 206 g/mol. The van der Waals surface area contributed by atoms with Crippen molar-refractivity contribution in [2.45, 2.75) is 26.8 Å². The third-order valence-corrected chi connectivity index (χ3v) is 2.13. The molecule has 0 aromatic rings. The number of rotatable bonds is 1. The molecule has 0 bridgehead atoms. The predicted octanol–water partition coefficient (Wildman–Crippen LogP) is 0.614. The van der Waals surface area contributed by atoms with Crippen molar-refractivity contribution < 1.29 is 9.00 Å². The van der Waals surface area contributed by atoms with E-state index in [0.29, 0.717) is 0 Å². The molecule has 0 aliphatic rings. The van der Waals surface area contributed by atoms with Gasteiger partial charge in [-0.25, -0.2) is 4.21 Å². The monoisotopic (exact) mass is 206 g/mol. The SMILES string of the molecule is CC(C)(C)[C@@H](N)C(=O)N=S(C)(C)=O. The Hall–Kier alpha value is -0.420. The Balaban J connectivity index is 4.77. The van der Waals surface area contributed by atoms with Gasteiger partial charge in [0.1, 0.15) is 0 Å². The van der Waals surface area contributed by atoms with E-state index in [2.05, 4.69) is 4.36 Å². The molecule has 78 valence electrons.